The van der Waals surface area contributed by atoms with Crippen molar-refractivity contribution in [1.29, 1.82) is 0 Å². The summed E-state index contributed by atoms with van der Waals surface area (Å²) < 4.78 is 12.0. The molecule has 19 heavy (non-hydrogen) atoms. The Morgan fingerprint density at radius 1 is 1.32 bits per heavy atom. The highest BCUT2D eigenvalue weighted by Crippen LogP contribution is 2.42. The highest BCUT2D eigenvalue weighted by atomic mass is 16.5. The standard InChI is InChI=1S/C16H31NO2/c1-4-17-15(12-18-13(2)3)14-7-10-19-16(11-14)8-5-6-9-16/h13-15,17H,4-12H2,1-3H3. The molecule has 1 heterocycles. The van der Waals surface area contributed by atoms with Crippen molar-refractivity contribution in [2.45, 2.75) is 77.0 Å². The molecule has 1 saturated heterocycles. The van der Waals surface area contributed by atoms with Crippen LogP contribution in [0.25, 0.3) is 0 Å². The van der Waals surface area contributed by atoms with Gasteiger partial charge in [0.1, 0.15) is 0 Å². The number of ether oxygens (including phenoxy) is 2. The molecule has 2 fully saturated rings. The molecule has 2 atom stereocenters. The molecule has 112 valence electrons. The first kappa shape index (κ1) is 15.3. The first-order chi connectivity index (χ1) is 9.15. The fraction of sp³-hybridized carbons (Fsp3) is 1.00. The predicted molar refractivity (Wildman–Crippen MR) is 78.4 cm³/mol. The summed E-state index contributed by atoms with van der Waals surface area (Å²) >= 11 is 0. The minimum absolute atomic E-state index is 0.217. The Hall–Kier alpha value is -0.120. The summed E-state index contributed by atoms with van der Waals surface area (Å²) in [6, 6.07) is 0.494. The first-order valence-corrected chi connectivity index (χ1v) is 8.14. The van der Waals surface area contributed by atoms with Crippen LogP contribution in [0.1, 0.15) is 59.3 Å². The maximum atomic E-state index is 6.14. The number of hydrogen-bond acceptors (Lipinski definition) is 3. The van der Waals surface area contributed by atoms with Crippen molar-refractivity contribution in [3.05, 3.63) is 0 Å². The van der Waals surface area contributed by atoms with Gasteiger partial charge in [-0.25, -0.2) is 0 Å². The second kappa shape index (κ2) is 7.05. The molecule has 0 aromatic carbocycles. The zero-order chi connectivity index (χ0) is 13.7. The molecule has 2 aliphatic rings. The van der Waals surface area contributed by atoms with Crippen LogP contribution >= 0.6 is 0 Å². The highest BCUT2D eigenvalue weighted by molar-refractivity contribution is 4.94. The van der Waals surface area contributed by atoms with E-state index in [1.807, 2.05) is 0 Å². The van der Waals surface area contributed by atoms with Gasteiger partial charge in [-0.3, -0.25) is 0 Å². The van der Waals surface area contributed by atoms with Crippen LogP contribution in [0.4, 0.5) is 0 Å². The van der Waals surface area contributed by atoms with Gasteiger partial charge in [-0.05, 0) is 52.0 Å². The van der Waals surface area contributed by atoms with E-state index in [9.17, 15) is 0 Å². The third kappa shape index (κ3) is 4.17. The normalized spacial score (nSPS) is 28.1. The Labute approximate surface area is 118 Å². The summed E-state index contributed by atoms with van der Waals surface area (Å²) in [4.78, 5) is 0. The van der Waals surface area contributed by atoms with E-state index < -0.39 is 0 Å². The van der Waals surface area contributed by atoms with Gasteiger partial charge in [0.15, 0.2) is 0 Å². The van der Waals surface area contributed by atoms with Crippen LogP contribution in [-0.4, -0.2) is 37.5 Å². The van der Waals surface area contributed by atoms with Crippen molar-refractivity contribution in [3.8, 4) is 0 Å². The van der Waals surface area contributed by atoms with Crippen LogP contribution in [0, 0.1) is 5.92 Å². The molecule has 1 spiro atoms. The van der Waals surface area contributed by atoms with E-state index >= 15 is 0 Å². The van der Waals surface area contributed by atoms with E-state index in [0.29, 0.717) is 18.1 Å². The van der Waals surface area contributed by atoms with E-state index in [1.165, 1.54) is 38.5 Å². The van der Waals surface area contributed by atoms with E-state index in [-0.39, 0.29) is 5.60 Å². The van der Waals surface area contributed by atoms with Crippen molar-refractivity contribution in [1.82, 2.24) is 5.32 Å². The fourth-order valence-electron chi connectivity index (χ4n) is 3.70. The predicted octanol–water partition coefficient (Wildman–Crippen LogP) is 3.13. The molecular formula is C16H31NO2. The number of nitrogens with one attached hydrogen (secondary N) is 1. The van der Waals surface area contributed by atoms with Gasteiger partial charge in [-0.15, -0.1) is 0 Å². The number of rotatable bonds is 6. The summed E-state index contributed by atoms with van der Waals surface area (Å²) in [5, 5.41) is 3.63. The third-order valence-electron chi connectivity index (χ3n) is 4.69. The van der Waals surface area contributed by atoms with Crippen molar-refractivity contribution >= 4 is 0 Å². The quantitative estimate of drug-likeness (QED) is 0.803. The average Bonchev–Trinajstić information content (AvgIpc) is 2.82. The van der Waals surface area contributed by atoms with Gasteiger partial charge in [-0.1, -0.05) is 19.8 Å². The zero-order valence-corrected chi connectivity index (χ0v) is 12.9. The molecule has 0 bridgehead atoms. The SMILES string of the molecule is CCNC(COC(C)C)C1CCOC2(CCCC2)C1. The fourth-order valence-corrected chi connectivity index (χ4v) is 3.70. The molecule has 1 N–H and O–H groups in total. The summed E-state index contributed by atoms with van der Waals surface area (Å²) in [6.45, 7) is 9.22. The minimum atomic E-state index is 0.217. The largest absolute Gasteiger partial charge is 0.377 e. The van der Waals surface area contributed by atoms with Crippen molar-refractivity contribution in [2.24, 2.45) is 5.92 Å². The molecule has 0 radical (unpaired) electrons. The Balaban J connectivity index is 1.91. The van der Waals surface area contributed by atoms with E-state index in [0.717, 1.165) is 19.8 Å². The Morgan fingerprint density at radius 3 is 2.68 bits per heavy atom. The van der Waals surface area contributed by atoms with Crippen molar-refractivity contribution in [2.75, 3.05) is 19.8 Å². The van der Waals surface area contributed by atoms with Crippen LogP contribution in [-0.2, 0) is 9.47 Å². The molecule has 1 aliphatic carbocycles. The lowest BCUT2D eigenvalue weighted by molar-refractivity contribution is -0.103. The maximum Gasteiger partial charge on any atom is 0.0685 e. The maximum absolute atomic E-state index is 6.14. The summed E-state index contributed by atoms with van der Waals surface area (Å²) in [5.74, 6) is 0.713. The van der Waals surface area contributed by atoms with Crippen LogP contribution in [0.5, 0.6) is 0 Å². The van der Waals surface area contributed by atoms with Gasteiger partial charge >= 0.3 is 0 Å². The van der Waals surface area contributed by atoms with E-state index in [2.05, 4.69) is 26.1 Å². The zero-order valence-electron chi connectivity index (χ0n) is 12.9. The van der Waals surface area contributed by atoms with E-state index in [1.54, 1.807) is 0 Å². The smallest absolute Gasteiger partial charge is 0.0685 e. The Morgan fingerprint density at radius 2 is 2.05 bits per heavy atom. The summed E-state index contributed by atoms with van der Waals surface area (Å²) in [6.07, 6.45) is 7.97. The second-order valence-corrected chi connectivity index (χ2v) is 6.54. The number of likely N-dealkylation sites (N-methyl/N-ethyl adjacent to an activating group) is 1. The molecule has 1 saturated carbocycles. The lowest BCUT2D eigenvalue weighted by Gasteiger charge is -2.41. The molecule has 0 amide bonds. The van der Waals surface area contributed by atoms with Crippen LogP contribution in [0.15, 0.2) is 0 Å². The van der Waals surface area contributed by atoms with Gasteiger partial charge in [-0.2, -0.15) is 0 Å². The molecule has 3 heteroatoms. The first-order valence-electron chi connectivity index (χ1n) is 8.14. The minimum Gasteiger partial charge on any atom is -0.377 e. The summed E-state index contributed by atoms with van der Waals surface area (Å²) in [7, 11) is 0. The van der Waals surface area contributed by atoms with Gasteiger partial charge in [0, 0.05) is 12.6 Å². The van der Waals surface area contributed by atoms with Crippen LogP contribution in [0.2, 0.25) is 0 Å². The molecule has 0 aromatic heterocycles. The van der Waals surface area contributed by atoms with Crippen molar-refractivity contribution < 1.29 is 9.47 Å². The molecule has 0 aromatic rings. The molecule has 3 nitrogen and oxygen atoms in total. The lowest BCUT2D eigenvalue weighted by atomic mass is 9.80. The summed E-state index contributed by atoms with van der Waals surface area (Å²) in [5.41, 5.74) is 0.217. The third-order valence-corrected chi connectivity index (χ3v) is 4.69. The molecule has 2 unspecified atom stereocenters. The second-order valence-electron chi connectivity index (χ2n) is 6.54. The molecular weight excluding hydrogens is 238 g/mol. The Kier molecular flexibility index (Phi) is 5.67. The Bertz CT molecular complexity index is 261. The van der Waals surface area contributed by atoms with Gasteiger partial charge < -0.3 is 14.8 Å². The monoisotopic (exact) mass is 269 g/mol. The number of hydrogen-bond donors (Lipinski definition) is 1. The van der Waals surface area contributed by atoms with E-state index in [4.69, 9.17) is 9.47 Å². The topological polar surface area (TPSA) is 30.5 Å². The van der Waals surface area contributed by atoms with Crippen molar-refractivity contribution in [3.63, 3.8) is 0 Å². The molecule has 1 aliphatic heterocycles. The van der Waals surface area contributed by atoms with Gasteiger partial charge in [0.2, 0.25) is 0 Å². The van der Waals surface area contributed by atoms with Crippen LogP contribution < -0.4 is 5.32 Å². The lowest BCUT2D eigenvalue weighted by Crippen LogP contribution is -2.48. The van der Waals surface area contributed by atoms with Gasteiger partial charge in [0.25, 0.3) is 0 Å². The van der Waals surface area contributed by atoms with Crippen LogP contribution in [0.3, 0.4) is 0 Å². The van der Waals surface area contributed by atoms with Gasteiger partial charge in [0.05, 0.1) is 18.3 Å². The average molecular weight is 269 g/mol. The highest BCUT2D eigenvalue weighted by Gasteiger charge is 2.41. The molecule has 2 rings (SSSR count).